The molecule has 0 aliphatic carbocycles. The van der Waals surface area contributed by atoms with Crippen LogP contribution >= 0.6 is 23.7 Å². The summed E-state index contributed by atoms with van der Waals surface area (Å²) in [5, 5.41) is 12.6. The van der Waals surface area contributed by atoms with Crippen LogP contribution < -0.4 is 0 Å². The summed E-state index contributed by atoms with van der Waals surface area (Å²) in [7, 11) is 2.01. The first-order valence-corrected chi connectivity index (χ1v) is 9.01. The molecule has 3 heterocycles. The number of aryl methyl sites for hydroxylation is 1. The van der Waals surface area contributed by atoms with E-state index in [1.807, 2.05) is 31.3 Å². The molecule has 134 valence electrons. The highest BCUT2D eigenvalue weighted by Gasteiger charge is 2.27. The minimum atomic E-state index is -0.892. The van der Waals surface area contributed by atoms with Crippen LogP contribution in [0.25, 0.3) is 22.6 Å². The predicted molar refractivity (Wildman–Crippen MR) is 109 cm³/mol. The normalized spacial score (nSPS) is 15.7. The molecular formula is C20H19ClN2O2S. The molecule has 4 nitrogen and oxygen atoms in total. The maximum absolute atomic E-state index is 12.0. The van der Waals surface area contributed by atoms with Crippen molar-refractivity contribution in [2.75, 3.05) is 13.6 Å². The molecule has 1 aromatic carbocycles. The van der Waals surface area contributed by atoms with E-state index in [0.717, 1.165) is 28.9 Å². The van der Waals surface area contributed by atoms with Crippen LogP contribution in [-0.2, 0) is 6.54 Å². The van der Waals surface area contributed by atoms with Gasteiger partial charge in [0, 0.05) is 28.9 Å². The van der Waals surface area contributed by atoms with Crippen molar-refractivity contribution in [3.8, 4) is 0 Å². The van der Waals surface area contributed by atoms with Gasteiger partial charge in [-0.15, -0.1) is 23.7 Å². The van der Waals surface area contributed by atoms with Crippen molar-refractivity contribution >= 4 is 52.3 Å². The Hall–Kier alpha value is -2.21. The minimum absolute atomic E-state index is 0. The number of likely N-dealkylation sites (N-methyl/N-ethyl adjacent to an activating group) is 1. The fraction of sp³-hybridized carbons (Fsp3) is 0.200. The number of nitrogens with zero attached hydrogens (tertiary/aromatic N) is 2. The van der Waals surface area contributed by atoms with Crippen LogP contribution in [0.2, 0.25) is 0 Å². The number of hydrogen-bond donors (Lipinski definition) is 1. The number of aromatic carboxylic acids is 1. The van der Waals surface area contributed by atoms with Crippen molar-refractivity contribution in [1.82, 2.24) is 9.88 Å². The third-order valence-corrected chi connectivity index (χ3v) is 5.55. The molecule has 0 fully saturated rings. The van der Waals surface area contributed by atoms with Gasteiger partial charge in [0.1, 0.15) is 0 Å². The molecule has 6 heteroatoms. The first-order chi connectivity index (χ1) is 12.0. The molecule has 0 amide bonds. The number of carboxylic acids is 1. The van der Waals surface area contributed by atoms with E-state index in [9.17, 15) is 9.90 Å². The summed E-state index contributed by atoms with van der Waals surface area (Å²) in [5.74, 6) is -0.892. The van der Waals surface area contributed by atoms with Crippen molar-refractivity contribution < 1.29 is 9.90 Å². The number of thiophene rings is 1. The Kier molecular flexibility index (Phi) is 5.14. The lowest BCUT2D eigenvalue weighted by Crippen LogP contribution is -2.28. The smallest absolute Gasteiger partial charge is 0.336 e. The van der Waals surface area contributed by atoms with Crippen molar-refractivity contribution in [3.63, 3.8) is 0 Å². The van der Waals surface area contributed by atoms with E-state index >= 15 is 0 Å². The van der Waals surface area contributed by atoms with Crippen LogP contribution in [0.3, 0.4) is 0 Å². The molecule has 1 N–H and O–H groups in total. The average Bonchev–Trinajstić information content (AvgIpc) is 2.97. The Morgan fingerprint density at radius 3 is 2.73 bits per heavy atom. The van der Waals surface area contributed by atoms with Crippen molar-refractivity contribution in [2.24, 2.45) is 0 Å². The van der Waals surface area contributed by atoms with Crippen LogP contribution in [0.4, 0.5) is 0 Å². The zero-order valence-corrected chi connectivity index (χ0v) is 16.2. The zero-order valence-electron chi connectivity index (χ0n) is 14.5. The van der Waals surface area contributed by atoms with Gasteiger partial charge in [0.05, 0.1) is 16.8 Å². The number of halogens is 1. The quantitative estimate of drug-likeness (QED) is 0.692. The molecule has 2 aromatic heterocycles. The summed E-state index contributed by atoms with van der Waals surface area (Å²) in [5.41, 5.74) is 5.04. The van der Waals surface area contributed by atoms with E-state index < -0.39 is 5.97 Å². The number of rotatable bonds is 2. The summed E-state index contributed by atoms with van der Waals surface area (Å²) in [6.45, 7) is 3.44. The first kappa shape index (κ1) is 18.6. The first-order valence-electron chi connectivity index (χ1n) is 8.13. The molecule has 0 saturated heterocycles. The lowest BCUT2D eigenvalue weighted by molar-refractivity contribution is 0.0696. The lowest BCUT2D eigenvalue weighted by atomic mass is 9.93. The van der Waals surface area contributed by atoms with E-state index in [1.165, 1.54) is 10.4 Å². The standard InChI is InChI=1S/C20H18N2O2S.ClH/c1-12-7-8-25-17(12)9-13-10-22(2)11-15-18(20(23)24)14-5-3-4-6-16(14)21-19(13)15;/h3-9H,10-11H2,1-2H3,(H,23,24);1H/b13-9-;. The molecule has 26 heavy (non-hydrogen) atoms. The highest BCUT2D eigenvalue weighted by Crippen LogP contribution is 2.34. The van der Waals surface area contributed by atoms with E-state index in [0.29, 0.717) is 17.5 Å². The second kappa shape index (κ2) is 7.19. The SMILES string of the molecule is Cc1ccsc1/C=C1/CN(C)Cc2c1nc1ccccc1c2C(=O)O.Cl. The molecule has 0 saturated carbocycles. The van der Waals surface area contributed by atoms with Gasteiger partial charge >= 0.3 is 5.97 Å². The van der Waals surface area contributed by atoms with Crippen LogP contribution in [0.15, 0.2) is 35.7 Å². The van der Waals surface area contributed by atoms with Crippen LogP contribution in [0, 0.1) is 6.92 Å². The van der Waals surface area contributed by atoms with Crippen LogP contribution in [-0.4, -0.2) is 34.6 Å². The van der Waals surface area contributed by atoms with Gasteiger partial charge in [-0.25, -0.2) is 9.78 Å². The summed E-state index contributed by atoms with van der Waals surface area (Å²) >= 11 is 1.69. The van der Waals surface area contributed by atoms with Gasteiger partial charge in [0.2, 0.25) is 0 Å². The number of aromatic nitrogens is 1. The lowest BCUT2D eigenvalue weighted by Gasteiger charge is -2.28. The molecule has 0 radical (unpaired) electrons. The fourth-order valence-electron chi connectivity index (χ4n) is 3.41. The third kappa shape index (κ3) is 3.14. The van der Waals surface area contributed by atoms with Gasteiger partial charge in [-0.05, 0) is 48.7 Å². The maximum Gasteiger partial charge on any atom is 0.336 e. The Morgan fingerprint density at radius 2 is 2.04 bits per heavy atom. The monoisotopic (exact) mass is 386 g/mol. The molecular weight excluding hydrogens is 368 g/mol. The second-order valence-electron chi connectivity index (χ2n) is 6.45. The summed E-state index contributed by atoms with van der Waals surface area (Å²) in [4.78, 5) is 20.2. The molecule has 1 aliphatic rings. The van der Waals surface area contributed by atoms with Crippen LogP contribution in [0.1, 0.15) is 32.1 Å². The number of pyridine rings is 1. The topological polar surface area (TPSA) is 53.4 Å². The van der Waals surface area contributed by atoms with Crippen molar-refractivity contribution in [2.45, 2.75) is 13.5 Å². The Bertz CT molecular complexity index is 1030. The Balaban J connectivity index is 0.00000196. The summed E-state index contributed by atoms with van der Waals surface area (Å²) in [6.07, 6.45) is 2.15. The molecule has 1 aliphatic heterocycles. The highest BCUT2D eigenvalue weighted by atomic mass is 35.5. The van der Waals surface area contributed by atoms with Gasteiger partial charge in [-0.1, -0.05) is 18.2 Å². The van der Waals surface area contributed by atoms with Gasteiger partial charge in [0.25, 0.3) is 0 Å². The number of para-hydroxylation sites is 1. The van der Waals surface area contributed by atoms with E-state index in [4.69, 9.17) is 4.98 Å². The van der Waals surface area contributed by atoms with Crippen molar-refractivity contribution in [1.29, 1.82) is 0 Å². The number of fused-ring (bicyclic) bond motifs is 2. The highest BCUT2D eigenvalue weighted by molar-refractivity contribution is 7.11. The average molecular weight is 387 g/mol. The van der Waals surface area contributed by atoms with Gasteiger partial charge in [0.15, 0.2) is 0 Å². The summed E-state index contributed by atoms with van der Waals surface area (Å²) < 4.78 is 0. The van der Waals surface area contributed by atoms with Gasteiger partial charge < -0.3 is 5.11 Å². The number of benzene rings is 1. The third-order valence-electron chi connectivity index (χ3n) is 4.59. The molecule has 4 rings (SSSR count). The predicted octanol–water partition coefficient (Wildman–Crippen LogP) is 4.71. The largest absolute Gasteiger partial charge is 0.478 e. The van der Waals surface area contributed by atoms with Crippen molar-refractivity contribution in [3.05, 3.63) is 63.0 Å². The second-order valence-corrected chi connectivity index (χ2v) is 7.39. The molecule has 0 atom stereocenters. The van der Waals surface area contributed by atoms with Gasteiger partial charge in [-0.2, -0.15) is 0 Å². The molecule has 0 bridgehead atoms. The van der Waals surface area contributed by atoms with E-state index in [1.54, 1.807) is 11.3 Å². The zero-order chi connectivity index (χ0) is 17.6. The van der Waals surface area contributed by atoms with Gasteiger partial charge in [-0.3, -0.25) is 4.90 Å². The Morgan fingerprint density at radius 1 is 1.27 bits per heavy atom. The van der Waals surface area contributed by atoms with Crippen LogP contribution in [0.5, 0.6) is 0 Å². The fourth-order valence-corrected chi connectivity index (χ4v) is 4.29. The van der Waals surface area contributed by atoms with E-state index in [-0.39, 0.29) is 12.4 Å². The number of hydrogen-bond acceptors (Lipinski definition) is 4. The number of carbonyl (C=O) groups is 1. The Labute approximate surface area is 162 Å². The molecule has 0 spiro atoms. The maximum atomic E-state index is 12.0. The minimum Gasteiger partial charge on any atom is -0.478 e. The molecule has 0 unspecified atom stereocenters. The summed E-state index contributed by atoms with van der Waals surface area (Å²) in [6, 6.07) is 9.58. The molecule has 3 aromatic rings. The number of carboxylic acid groups (broad SMARTS) is 1. The van der Waals surface area contributed by atoms with E-state index in [2.05, 4.69) is 29.3 Å².